The summed E-state index contributed by atoms with van der Waals surface area (Å²) in [6.45, 7) is 1.33. The van der Waals surface area contributed by atoms with E-state index in [1.807, 2.05) is 12.1 Å². The fourth-order valence-corrected chi connectivity index (χ4v) is 1.59. The largest absolute Gasteiger partial charge is 0.338 e. The van der Waals surface area contributed by atoms with E-state index in [4.69, 9.17) is 5.26 Å². The molecule has 1 aliphatic rings. The van der Waals surface area contributed by atoms with Gasteiger partial charge in [-0.15, -0.1) is 0 Å². The van der Waals surface area contributed by atoms with Gasteiger partial charge in [0, 0.05) is 19.3 Å². The third-order valence-electron chi connectivity index (χ3n) is 2.34. The van der Waals surface area contributed by atoms with E-state index in [0.717, 1.165) is 18.5 Å². The summed E-state index contributed by atoms with van der Waals surface area (Å²) in [6.07, 6.45) is 4.10. The zero-order chi connectivity index (χ0) is 10.7. The molecule has 1 amide bonds. The molecule has 0 aromatic carbocycles. The van der Waals surface area contributed by atoms with Crippen LogP contribution in [0.3, 0.4) is 0 Å². The van der Waals surface area contributed by atoms with Gasteiger partial charge in [-0.3, -0.25) is 4.79 Å². The van der Waals surface area contributed by atoms with Crippen LogP contribution in [-0.2, 0) is 11.3 Å². The number of carbonyl (C=O) groups excluding carboxylic acids is 1. The van der Waals surface area contributed by atoms with Crippen LogP contribution in [0.2, 0.25) is 0 Å². The molecule has 2 heterocycles. The van der Waals surface area contributed by atoms with Gasteiger partial charge >= 0.3 is 0 Å². The van der Waals surface area contributed by atoms with Crippen molar-refractivity contribution < 1.29 is 4.79 Å². The van der Waals surface area contributed by atoms with Gasteiger partial charge in [0.25, 0.3) is 0 Å². The fraction of sp³-hybridized carbons (Fsp3) is 0.273. The Kier molecular flexibility index (Phi) is 2.64. The smallest absolute Gasteiger partial charge is 0.226 e. The highest BCUT2D eigenvalue weighted by atomic mass is 16.2. The number of nitrogens with zero attached hydrogens (tertiary/aromatic N) is 3. The van der Waals surface area contributed by atoms with E-state index in [-0.39, 0.29) is 5.91 Å². The highest BCUT2D eigenvalue weighted by Crippen LogP contribution is 2.13. The summed E-state index contributed by atoms with van der Waals surface area (Å²) in [7, 11) is 0. The number of carbonyl (C=O) groups is 1. The van der Waals surface area contributed by atoms with Crippen LogP contribution in [0.15, 0.2) is 18.3 Å². The number of likely N-dealkylation sites (tertiary alicyclic amines) is 1. The standard InChI is InChI=1S/C11H10N3O/c12-7-10-6-9(3-4-13-10)8-14-5-1-2-11(14)15/h2-4,6H,1,5,8H2. The molecule has 0 saturated carbocycles. The van der Waals surface area contributed by atoms with Crippen molar-refractivity contribution in [1.82, 2.24) is 9.88 Å². The number of rotatable bonds is 2. The van der Waals surface area contributed by atoms with E-state index < -0.39 is 0 Å². The normalized spacial score (nSPS) is 15.4. The molecule has 4 heteroatoms. The molecular formula is C11H10N3O. The Labute approximate surface area is 88.1 Å². The van der Waals surface area contributed by atoms with Crippen LogP contribution in [0, 0.1) is 17.8 Å². The van der Waals surface area contributed by atoms with Gasteiger partial charge in [-0.2, -0.15) is 5.26 Å². The van der Waals surface area contributed by atoms with E-state index >= 15 is 0 Å². The Morgan fingerprint density at radius 2 is 2.47 bits per heavy atom. The van der Waals surface area contributed by atoms with Crippen molar-refractivity contribution in [2.45, 2.75) is 13.0 Å². The second-order valence-corrected chi connectivity index (χ2v) is 3.41. The molecule has 1 saturated heterocycles. The summed E-state index contributed by atoms with van der Waals surface area (Å²) in [5.41, 5.74) is 1.34. The summed E-state index contributed by atoms with van der Waals surface area (Å²) in [6, 6.07) is 5.52. The average Bonchev–Trinajstić information content (AvgIpc) is 2.65. The molecule has 4 nitrogen and oxygen atoms in total. The topological polar surface area (TPSA) is 57.0 Å². The van der Waals surface area contributed by atoms with Crippen molar-refractivity contribution in [3.63, 3.8) is 0 Å². The molecule has 1 aromatic heterocycles. The molecule has 1 fully saturated rings. The lowest BCUT2D eigenvalue weighted by Crippen LogP contribution is -2.24. The zero-order valence-electron chi connectivity index (χ0n) is 8.18. The lowest BCUT2D eigenvalue weighted by atomic mass is 10.2. The van der Waals surface area contributed by atoms with E-state index in [9.17, 15) is 4.79 Å². The predicted molar refractivity (Wildman–Crippen MR) is 53.3 cm³/mol. The molecule has 0 N–H and O–H groups in total. The number of amides is 1. The number of hydrogen-bond acceptors (Lipinski definition) is 3. The summed E-state index contributed by atoms with van der Waals surface area (Å²) >= 11 is 0. The molecular weight excluding hydrogens is 190 g/mol. The highest BCUT2D eigenvalue weighted by Gasteiger charge is 2.20. The number of aromatic nitrogens is 1. The third-order valence-corrected chi connectivity index (χ3v) is 2.34. The van der Waals surface area contributed by atoms with Gasteiger partial charge in [0.2, 0.25) is 5.91 Å². The first-order valence-corrected chi connectivity index (χ1v) is 4.77. The monoisotopic (exact) mass is 200 g/mol. The average molecular weight is 200 g/mol. The minimum absolute atomic E-state index is 0.0744. The molecule has 1 radical (unpaired) electrons. The zero-order valence-corrected chi connectivity index (χ0v) is 8.18. The second kappa shape index (κ2) is 4.09. The molecule has 0 aliphatic carbocycles. The van der Waals surface area contributed by atoms with Gasteiger partial charge in [-0.25, -0.2) is 4.98 Å². The maximum atomic E-state index is 11.3. The van der Waals surface area contributed by atoms with Crippen LogP contribution >= 0.6 is 0 Å². The first-order valence-electron chi connectivity index (χ1n) is 4.77. The van der Waals surface area contributed by atoms with Crippen LogP contribution in [-0.4, -0.2) is 22.3 Å². The van der Waals surface area contributed by atoms with Crippen molar-refractivity contribution in [2.75, 3.05) is 6.54 Å². The lowest BCUT2D eigenvalue weighted by Gasteiger charge is -2.14. The minimum atomic E-state index is 0.0744. The summed E-state index contributed by atoms with van der Waals surface area (Å²) in [5, 5.41) is 8.68. The molecule has 1 aliphatic heterocycles. The van der Waals surface area contributed by atoms with E-state index in [0.29, 0.717) is 12.2 Å². The minimum Gasteiger partial charge on any atom is -0.338 e. The van der Waals surface area contributed by atoms with Gasteiger partial charge in [0.1, 0.15) is 11.8 Å². The van der Waals surface area contributed by atoms with Crippen LogP contribution in [0.4, 0.5) is 0 Å². The number of pyridine rings is 1. The lowest BCUT2D eigenvalue weighted by molar-refractivity contribution is -0.125. The van der Waals surface area contributed by atoms with Crippen molar-refractivity contribution >= 4 is 5.91 Å². The third kappa shape index (κ3) is 2.13. The Morgan fingerprint density at radius 3 is 3.13 bits per heavy atom. The van der Waals surface area contributed by atoms with Crippen LogP contribution in [0.25, 0.3) is 0 Å². The van der Waals surface area contributed by atoms with Gasteiger partial charge in [0.05, 0.1) is 6.42 Å². The van der Waals surface area contributed by atoms with Crippen LogP contribution in [0.1, 0.15) is 17.7 Å². The van der Waals surface area contributed by atoms with Gasteiger partial charge in [0.15, 0.2) is 0 Å². The van der Waals surface area contributed by atoms with Crippen molar-refractivity contribution in [2.24, 2.45) is 0 Å². The maximum absolute atomic E-state index is 11.3. The van der Waals surface area contributed by atoms with Crippen LogP contribution < -0.4 is 0 Å². The fourth-order valence-electron chi connectivity index (χ4n) is 1.59. The van der Waals surface area contributed by atoms with Crippen molar-refractivity contribution in [1.29, 1.82) is 5.26 Å². The summed E-state index contributed by atoms with van der Waals surface area (Å²) in [4.78, 5) is 17.0. The van der Waals surface area contributed by atoms with Gasteiger partial charge < -0.3 is 4.90 Å². The Balaban J connectivity index is 2.10. The summed E-state index contributed by atoms with van der Waals surface area (Å²) < 4.78 is 0. The maximum Gasteiger partial charge on any atom is 0.226 e. The van der Waals surface area contributed by atoms with Crippen molar-refractivity contribution in [3.05, 3.63) is 36.0 Å². The SMILES string of the molecule is N#Cc1cc(CN2CC[CH]C2=O)ccn1. The van der Waals surface area contributed by atoms with E-state index in [1.165, 1.54) is 0 Å². The van der Waals surface area contributed by atoms with Crippen molar-refractivity contribution in [3.8, 4) is 6.07 Å². The second-order valence-electron chi connectivity index (χ2n) is 3.41. The highest BCUT2D eigenvalue weighted by molar-refractivity contribution is 5.86. The quantitative estimate of drug-likeness (QED) is 0.712. The van der Waals surface area contributed by atoms with E-state index in [2.05, 4.69) is 4.98 Å². The Bertz CT molecular complexity index is 422. The van der Waals surface area contributed by atoms with Gasteiger partial charge in [-0.05, 0) is 24.1 Å². The Hall–Kier alpha value is -1.89. The number of hydrogen-bond donors (Lipinski definition) is 0. The predicted octanol–water partition coefficient (Wildman–Crippen LogP) is 0.890. The molecule has 0 spiro atoms. The molecule has 1 aromatic rings. The molecule has 75 valence electrons. The molecule has 0 unspecified atom stereocenters. The Morgan fingerprint density at radius 1 is 1.60 bits per heavy atom. The molecule has 2 rings (SSSR count). The molecule has 0 atom stereocenters. The summed E-state index contributed by atoms with van der Waals surface area (Å²) in [5.74, 6) is 0.0744. The molecule has 15 heavy (non-hydrogen) atoms. The van der Waals surface area contributed by atoms with Crippen LogP contribution in [0.5, 0.6) is 0 Å². The first-order chi connectivity index (χ1) is 7.29. The first kappa shape index (κ1) is 9.66. The molecule has 0 bridgehead atoms. The van der Waals surface area contributed by atoms with E-state index in [1.54, 1.807) is 23.6 Å². The van der Waals surface area contributed by atoms with Gasteiger partial charge in [-0.1, -0.05) is 0 Å². The number of nitriles is 1.